The molecule has 17 heavy (non-hydrogen) atoms. The van der Waals surface area contributed by atoms with E-state index in [1.165, 1.54) is 24.5 Å². The zero-order valence-electron chi connectivity index (χ0n) is 9.80. The summed E-state index contributed by atoms with van der Waals surface area (Å²) in [4.78, 5) is 12.9. The zero-order valence-corrected chi connectivity index (χ0v) is 9.80. The SMILES string of the molecule is O=C(O)/C=C/c1ccccc1CN1CCCC1. The van der Waals surface area contributed by atoms with Crippen LogP contribution in [0.25, 0.3) is 6.08 Å². The van der Waals surface area contributed by atoms with Gasteiger partial charge in [0.05, 0.1) is 0 Å². The van der Waals surface area contributed by atoms with Crippen LogP contribution in [0.5, 0.6) is 0 Å². The topological polar surface area (TPSA) is 40.5 Å². The summed E-state index contributed by atoms with van der Waals surface area (Å²) < 4.78 is 0. The maximum absolute atomic E-state index is 10.5. The minimum atomic E-state index is -0.902. The number of carbonyl (C=O) groups is 1. The molecule has 1 aliphatic rings. The monoisotopic (exact) mass is 231 g/mol. The van der Waals surface area contributed by atoms with Gasteiger partial charge in [0.25, 0.3) is 0 Å². The molecule has 1 saturated heterocycles. The number of benzene rings is 1. The number of aliphatic carboxylic acids is 1. The summed E-state index contributed by atoms with van der Waals surface area (Å²) in [5, 5.41) is 8.65. The van der Waals surface area contributed by atoms with Gasteiger partial charge in [-0.05, 0) is 43.1 Å². The zero-order chi connectivity index (χ0) is 12.1. The van der Waals surface area contributed by atoms with Crippen molar-refractivity contribution in [1.29, 1.82) is 0 Å². The highest BCUT2D eigenvalue weighted by molar-refractivity contribution is 5.85. The number of hydrogen-bond donors (Lipinski definition) is 1. The van der Waals surface area contributed by atoms with Gasteiger partial charge in [0.2, 0.25) is 0 Å². The maximum Gasteiger partial charge on any atom is 0.328 e. The molecule has 1 aromatic rings. The van der Waals surface area contributed by atoms with Crippen molar-refractivity contribution >= 4 is 12.0 Å². The lowest BCUT2D eigenvalue weighted by Gasteiger charge is -2.16. The van der Waals surface area contributed by atoms with Crippen molar-refractivity contribution in [1.82, 2.24) is 4.90 Å². The number of carboxylic acid groups (broad SMARTS) is 1. The molecule has 0 atom stereocenters. The smallest absolute Gasteiger partial charge is 0.328 e. The second-order valence-electron chi connectivity index (χ2n) is 4.35. The van der Waals surface area contributed by atoms with Crippen LogP contribution in [0.4, 0.5) is 0 Å². The molecular formula is C14H17NO2. The quantitative estimate of drug-likeness (QED) is 0.809. The molecule has 0 spiro atoms. The molecule has 90 valence electrons. The molecule has 0 saturated carbocycles. The third kappa shape index (κ3) is 3.43. The molecule has 3 nitrogen and oxygen atoms in total. The molecule has 0 amide bonds. The van der Waals surface area contributed by atoms with E-state index in [1.54, 1.807) is 6.08 Å². The van der Waals surface area contributed by atoms with Crippen LogP contribution in [0, 0.1) is 0 Å². The summed E-state index contributed by atoms with van der Waals surface area (Å²) in [5.41, 5.74) is 2.20. The Morgan fingerprint density at radius 2 is 2.00 bits per heavy atom. The van der Waals surface area contributed by atoms with Gasteiger partial charge in [0.15, 0.2) is 0 Å². The van der Waals surface area contributed by atoms with Crippen LogP contribution in [0.3, 0.4) is 0 Å². The Labute approximate surface area is 101 Å². The Morgan fingerprint density at radius 1 is 1.29 bits per heavy atom. The molecule has 0 unspecified atom stereocenters. The van der Waals surface area contributed by atoms with Gasteiger partial charge in [-0.1, -0.05) is 24.3 Å². The first kappa shape index (κ1) is 11.9. The van der Waals surface area contributed by atoms with Gasteiger partial charge in [-0.15, -0.1) is 0 Å². The number of rotatable bonds is 4. The van der Waals surface area contributed by atoms with Gasteiger partial charge in [-0.25, -0.2) is 4.79 Å². The first-order valence-corrected chi connectivity index (χ1v) is 5.97. The van der Waals surface area contributed by atoms with Gasteiger partial charge >= 0.3 is 5.97 Å². The van der Waals surface area contributed by atoms with E-state index in [2.05, 4.69) is 11.0 Å². The normalized spacial score (nSPS) is 16.7. The van der Waals surface area contributed by atoms with Crippen LogP contribution in [0.2, 0.25) is 0 Å². The van der Waals surface area contributed by atoms with E-state index in [9.17, 15) is 4.79 Å². The van der Waals surface area contributed by atoms with Crippen LogP contribution >= 0.6 is 0 Å². The van der Waals surface area contributed by atoms with Crippen molar-refractivity contribution in [3.8, 4) is 0 Å². The maximum atomic E-state index is 10.5. The van der Waals surface area contributed by atoms with E-state index >= 15 is 0 Å². The summed E-state index contributed by atoms with van der Waals surface area (Å²) in [7, 11) is 0. The second-order valence-corrected chi connectivity index (χ2v) is 4.35. The highest BCUT2D eigenvalue weighted by Crippen LogP contribution is 2.17. The predicted octanol–water partition coefficient (Wildman–Crippen LogP) is 2.38. The van der Waals surface area contributed by atoms with Crippen LogP contribution in [0.1, 0.15) is 24.0 Å². The average molecular weight is 231 g/mol. The largest absolute Gasteiger partial charge is 0.478 e. The highest BCUT2D eigenvalue weighted by atomic mass is 16.4. The van der Waals surface area contributed by atoms with Gasteiger partial charge in [0.1, 0.15) is 0 Å². The fraction of sp³-hybridized carbons (Fsp3) is 0.357. The second kappa shape index (κ2) is 5.64. The van der Waals surface area contributed by atoms with E-state index in [0.29, 0.717) is 0 Å². The number of nitrogens with zero attached hydrogens (tertiary/aromatic N) is 1. The summed E-state index contributed by atoms with van der Waals surface area (Å²) in [5.74, 6) is -0.902. The van der Waals surface area contributed by atoms with Crippen LogP contribution in [-0.4, -0.2) is 29.1 Å². The predicted molar refractivity (Wildman–Crippen MR) is 67.6 cm³/mol. The highest BCUT2D eigenvalue weighted by Gasteiger charge is 2.12. The molecule has 0 radical (unpaired) electrons. The van der Waals surface area contributed by atoms with Crippen LogP contribution < -0.4 is 0 Å². The molecule has 1 aromatic carbocycles. The molecule has 2 rings (SSSR count). The van der Waals surface area contributed by atoms with E-state index < -0.39 is 5.97 Å². The molecule has 0 aliphatic carbocycles. The molecule has 3 heteroatoms. The molecule has 1 fully saturated rings. The molecular weight excluding hydrogens is 214 g/mol. The fourth-order valence-electron chi connectivity index (χ4n) is 2.18. The van der Waals surface area contributed by atoms with Crippen molar-refractivity contribution in [3.05, 3.63) is 41.5 Å². The lowest BCUT2D eigenvalue weighted by atomic mass is 10.1. The van der Waals surface area contributed by atoms with E-state index in [1.807, 2.05) is 18.2 Å². The summed E-state index contributed by atoms with van der Waals surface area (Å²) in [6.45, 7) is 3.22. The Bertz CT molecular complexity index is 420. The van der Waals surface area contributed by atoms with Crippen molar-refractivity contribution in [3.63, 3.8) is 0 Å². The fourth-order valence-corrected chi connectivity index (χ4v) is 2.18. The van der Waals surface area contributed by atoms with Gasteiger partial charge < -0.3 is 5.11 Å². The summed E-state index contributed by atoms with van der Waals surface area (Å²) >= 11 is 0. The molecule has 1 heterocycles. The Morgan fingerprint density at radius 3 is 2.71 bits per heavy atom. The van der Waals surface area contributed by atoms with Crippen LogP contribution in [0.15, 0.2) is 30.3 Å². The van der Waals surface area contributed by atoms with E-state index in [4.69, 9.17) is 5.11 Å². The third-order valence-electron chi connectivity index (χ3n) is 3.05. The van der Waals surface area contributed by atoms with Crippen molar-refractivity contribution in [2.75, 3.05) is 13.1 Å². The first-order chi connectivity index (χ1) is 8.25. The minimum absolute atomic E-state index is 0.902. The number of carboxylic acids is 1. The van der Waals surface area contributed by atoms with E-state index in [-0.39, 0.29) is 0 Å². The standard InChI is InChI=1S/C14H17NO2/c16-14(17)8-7-12-5-1-2-6-13(12)11-15-9-3-4-10-15/h1-2,5-8H,3-4,9-11H2,(H,16,17)/b8-7+. The summed E-state index contributed by atoms with van der Waals surface area (Å²) in [6.07, 6.45) is 5.41. The Balaban J connectivity index is 2.12. The molecule has 1 aliphatic heterocycles. The molecule has 0 aromatic heterocycles. The van der Waals surface area contributed by atoms with Gasteiger partial charge in [0, 0.05) is 12.6 Å². The number of likely N-dealkylation sites (tertiary alicyclic amines) is 1. The Hall–Kier alpha value is -1.61. The molecule has 0 bridgehead atoms. The van der Waals surface area contributed by atoms with E-state index in [0.717, 1.165) is 25.2 Å². The van der Waals surface area contributed by atoms with Gasteiger partial charge in [-0.3, -0.25) is 4.90 Å². The lowest BCUT2D eigenvalue weighted by molar-refractivity contribution is -0.131. The minimum Gasteiger partial charge on any atom is -0.478 e. The van der Waals surface area contributed by atoms with Crippen molar-refractivity contribution in [2.45, 2.75) is 19.4 Å². The Kier molecular flexibility index (Phi) is 3.94. The number of hydrogen-bond acceptors (Lipinski definition) is 2. The van der Waals surface area contributed by atoms with Crippen LogP contribution in [-0.2, 0) is 11.3 Å². The molecule has 1 N–H and O–H groups in total. The van der Waals surface area contributed by atoms with Crippen molar-refractivity contribution in [2.24, 2.45) is 0 Å². The van der Waals surface area contributed by atoms with Gasteiger partial charge in [-0.2, -0.15) is 0 Å². The average Bonchev–Trinajstić information content (AvgIpc) is 2.80. The van der Waals surface area contributed by atoms with Crippen molar-refractivity contribution < 1.29 is 9.90 Å². The summed E-state index contributed by atoms with van der Waals surface area (Å²) in [6, 6.07) is 7.98. The lowest BCUT2D eigenvalue weighted by Crippen LogP contribution is -2.18. The first-order valence-electron chi connectivity index (χ1n) is 5.97. The third-order valence-corrected chi connectivity index (χ3v) is 3.05.